The van der Waals surface area contributed by atoms with Crippen molar-refractivity contribution in [2.75, 3.05) is 13.7 Å². The average Bonchev–Trinajstić information content (AvgIpc) is 3.35. The molecule has 1 N–H and O–H groups in total. The third-order valence-electron chi connectivity index (χ3n) is 6.47. The first-order valence-electron chi connectivity index (χ1n) is 12.4. The normalized spacial score (nSPS) is 14.6. The molecule has 1 aliphatic rings. The number of methoxy groups -OCH3 is 1. The molecule has 0 bridgehead atoms. The van der Waals surface area contributed by atoms with Crippen molar-refractivity contribution in [3.63, 3.8) is 0 Å². The summed E-state index contributed by atoms with van der Waals surface area (Å²) in [4.78, 5) is 28.4. The fourth-order valence-corrected chi connectivity index (χ4v) is 4.57. The number of carbonyl (C=O) groups is 2. The van der Waals surface area contributed by atoms with Crippen molar-refractivity contribution in [1.82, 2.24) is 10.2 Å². The van der Waals surface area contributed by atoms with Crippen molar-refractivity contribution in [2.24, 2.45) is 0 Å². The number of hydrogen-bond donors (Lipinski definition) is 1. The molecule has 1 atom stereocenters. The van der Waals surface area contributed by atoms with Crippen LogP contribution in [-0.2, 0) is 16.1 Å². The molecule has 0 aliphatic heterocycles. The van der Waals surface area contributed by atoms with E-state index in [1.807, 2.05) is 55.5 Å². The van der Waals surface area contributed by atoms with Crippen LogP contribution in [0, 0.1) is 0 Å². The van der Waals surface area contributed by atoms with Crippen molar-refractivity contribution in [2.45, 2.75) is 77.4 Å². The van der Waals surface area contributed by atoms with Gasteiger partial charge < -0.3 is 19.7 Å². The molecule has 1 aliphatic carbocycles. The van der Waals surface area contributed by atoms with E-state index in [1.165, 1.54) is 0 Å². The molecule has 2 aromatic rings. The standard InChI is InChI=1S/C28H38N2O4/c1-5-25(28(32)29-22-12-6-7-13-22)30(18-21-11-10-14-23(17-21)33-4)27(31)19-34-26-16-9-8-15-24(26)20(2)3/h8-11,14-17,20,22,25H,5-7,12-13,18-19H2,1-4H3,(H,29,32). The Bertz CT molecular complexity index is 953. The molecule has 3 rings (SSSR count). The van der Waals surface area contributed by atoms with Crippen LogP contribution in [0.3, 0.4) is 0 Å². The molecule has 2 aromatic carbocycles. The Morgan fingerprint density at radius 1 is 1.09 bits per heavy atom. The molecular formula is C28H38N2O4. The molecule has 1 fully saturated rings. The van der Waals surface area contributed by atoms with Gasteiger partial charge >= 0.3 is 0 Å². The molecule has 184 valence electrons. The zero-order valence-electron chi connectivity index (χ0n) is 20.9. The summed E-state index contributed by atoms with van der Waals surface area (Å²) in [5.74, 6) is 1.40. The number of carbonyl (C=O) groups excluding carboxylic acids is 2. The second kappa shape index (κ2) is 12.4. The van der Waals surface area contributed by atoms with E-state index in [9.17, 15) is 9.59 Å². The first-order chi connectivity index (χ1) is 16.4. The quantitative estimate of drug-likeness (QED) is 0.502. The summed E-state index contributed by atoms with van der Waals surface area (Å²) in [6.07, 6.45) is 4.80. The second-order valence-electron chi connectivity index (χ2n) is 9.27. The minimum atomic E-state index is -0.566. The lowest BCUT2D eigenvalue weighted by Crippen LogP contribution is -2.52. The topological polar surface area (TPSA) is 67.9 Å². The second-order valence-corrected chi connectivity index (χ2v) is 9.27. The van der Waals surface area contributed by atoms with Crippen molar-refractivity contribution in [3.8, 4) is 11.5 Å². The van der Waals surface area contributed by atoms with Gasteiger partial charge in [-0.15, -0.1) is 0 Å². The zero-order chi connectivity index (χ0) is 24.5. The van der Waals surface area contributed by atoms with E-state index in [4.69, 9.17) is 9.47 Å². The number of nitrogens with zero attached hydrogens (tertiary/aromatic N) is 1. The predicted octanol–water partition coefficient (Wildman–Crippen LogP) is 5.06. The molecule has 0 heterocycles. The van der Waals surface area contributed by atoms with Crippen molar-refractivity contribution in [3.05, 3.63) is 59.7 Å². The molecular weight excluding hydrogens is 428 g/mol. The Morgan fingerprint density at radius 3 is 2.50 bits per heavy atom. The lowest BCUT2D eigenvalue weighted by Gasteiger charge is -2.31. The van der Waals surface area contributed by atoms with Crippen LogP contribution in [0.5, 0.6) is 11.5 Å². The van der Waals surface area contributed by atoms with Crippen molar-refractivity contribution < 1.29 is 19.1 Å². The van der Waals surface area contributed by atoms with Crippen LogP contribution in [0.4, 0.5) is 0 Å². The maximum atomic E-state index is 13.5. The highest BCUT2D eigenvalue weighted by atomic mass is 16.5. The van der Waals surface area contributed by atoms with Gasteiger partial charge in [0.05, 0.1) is 7.11 Å². The minimum Gasteiger partial charge on any atom is -0.497 e. The summed E-state index contributed by atoms with van der Waals surface area (Å²) in [5, 5.41) is 3.17. The van der Waals surface area contributed by atoms with E-state index in [0.29, 0.717) is 18.7 Å². The average molecular weight is 467 g/mol. The van der Waals surface area contributed by atoms with Crippen LogP contribution in [0.2, 0.25) is 0 Å². The van der Waals surface area contributed by atoms with Gasteiger partial charge in [-0.2, -0.15) is 0 Å². The summed E-state index contributed by atoms with van der Waals surface area (Å²) in [5.41, 5.74) is 1.96. The third kappa shape index (κ3) is 6.75. The fraction of sp³-hybridized carbons (Fsp3) is 0.500. The van der Waals surface area contributed by atoms with Crippen LogP contribution in [-0.4, -0.2) is 42.5 Å². The minimum absolute atomic E-state index is 0.0896. The number of hydrogen-bond acceptors (Lipinski definition) is 4. The Hall–Kier alpha value is -3.02. The molecule has 1 saturated carbocycles. The molecule has 1 unspecified atom stereocenters. The Morgan fingerprint density at radius 2 is 1.82 bits per heavy atom. The van der Waals surface area contributed by atoms with Crippen LogP contribution in [0.15, 0.2) is 48.5 Å². The Balaban J connectivity index is 1.80. The van der Waals surface area contributed by atoms with Crippen LogP contribution in [0.1, 0.15) is 69.9 Å². The molecule has 0 radical (unpaired) electrons. The van der Waals surface area contributed by atoms with E-state index in [0.717, 1.165) is 42.6 Å². The highest BCUT2D eigenvalue weighted by Crippen LogP contribution is 2.26. The first-order valence-corrected chi connectivity index (χ1v) is 12.4. The van der Waals surface area contributed by atoms with E-state index >= 15 is 0 Å². The Labute approximate surface area is 203 Å². The predicted molar refractivity (Wildman–Crippen MR) is 134 cm³/mol. The summed E-state index contributed by atoms with van der Waals surface area (Å²) in [6.45, 7) is 6.32. The van der Waals surface area contributed by atoms with Crippen LogP contribution in [0.25, 0.3) is 0 Å². The van der Waals surface area contributed by atoms with Gasteiger partial charge in [0.2, 0.25) is 5.91 Å². The van der Waals surface area contributed by atoms with Gasteiger partial charge in [-0.25, -0.2) is 0 Å². The van der Waals surface area contributed by atoms with Crippen LogP contribution >= 0.6 is 0 Å². The SMILES string of the molecule is CCC(C(=O)NC1CCCC1)N(Cc1cccc(OC)c1)C(=O)COc1ccccc1C(C)C. The zero-order valence-corrected chi connectivity index (χ0v) is 20.9. The van der Waals surface area contributed by atoms with Gasteiger partial charge in [0.25, 0.3) is 5.91 Å². The van der Waals surface area contributed by atoms with Gasteiger partial charge in [-0.3, -0.25) is 9.59 Å². The smallest absolute Gasteiger partial charge is 0.261 e. The lowest BCUT2D eigenvalue weighted by atomic mass is 10.0. The van der Waals surface area contributed by atoms with E-state index in [2.05, 4.69) is 19.2 Å². The van der Waals surface area contributed by atoms with Gasteiger partial charge in [-0.1, -0.05) is 63.9 Å². The molecule has 0 saturated heterocycles. The Kier molecular flexibility index (Phi) is 9.37. The first kappa shape index (κ1) is 25.6. The summed E-state index contributed by atoms with van der Waals surface area (Å²) in [7, 11) is 1.62. The van der Waals surface area contributed by atoms with Gasteiger partial charge in [0.1, 0.15) is 17.5 Å². The number of amides is 2. The fourth-order valence-electron chi connectivity index (χ4n) is 4.57. The summed E-state index contributed by atoms with van der Waals surface area (Å²) in [6, 6.07) is 15.0. The molecule has 0 spiro atoms. The maximum absolute atomic E-state index is 13.5. The molecule has 6 heteroatoms. The van der Waals surface area contributed by atoms with Gasteiger partial charge in [-0.05, 0) is 54.5 Å². The van der Waals surface area contributed by atoms with Crippen LogP contribution < -0.4 is 14.8 Å². The highest BCUT2D eigenvalue weighted by Gasteiger charge is 2.31. The highest BCUT2D eigenvalue weighted by molar-refractivity contribution is 5.88. The number of benzene rings is 2. The van der Waals surface area contributed by atoms with E-state index in [1.54, 1.807) is 12.0 Å². The van der Waals surface area contributed by atoms with Crippen molar-refractivity contribution in [1.29, 1.82) is 0 Å². The summed E-state index contributed by atoms with van der Waals surface area (Å²) < 4.78 is 11.3. The van der Waals surface area contributed by atoms with Gasteiger partial charge in [0, 0.05) is 12.6 Å². The molecule has 2 amide bonds. The number of rotatable bonds is 11. The summed E-state index contributed by atoms with van der Waals surface area (Å²) >= 11 is 0. The molecule has 34 heavy (non-hydrogen) atoms. The lowest BCUT2D eigenvalue weighted by molar-refractivity contribution is -0.143. The number of ether oxygens (including phenoxy) is 2. The third-order valence-corrected chi connectivity index (χ3v) is 6.47. The van der Waals surface area contributed by atoms with E-state index in [-0.39, 0.29) is 30.4 Å². The number of para-hydroxylation sites is 1. The monoisotopic (exact) mass is 466 g/mol. The largest absolute Gasteiger partial charge is 0.497 e. The number of nitrogens with one attached hydrogen (secondary N) is 1. The van der Waals surface area contributed by atoms with Gasteiger partial charge in [0.15, 0.2) is 6.61 Å². The van der Waals surface area contributed by atoms with E-state index < -0.39 is 6.04 Å². The maximum Gasteiger partial charge on any atom is 0.261 e. The van der Waals surface area contributed by atoms with Crippen molar-refractivity contribution >= 4 is 11.8 Å². The molecule has 0 aromatic heterocycles. The molecule has 6 nitrogen and oxygen atoms in total.